The fourth-order valence-electron chi connectivity index (χ4n) is 9.64. The number of esters is 2. The summed E-state index contributed by atoms with van der Waals surface area (Å²) in [6.07, 6.45) is 10.4. The zero-order valence-electron chi connectivity index (χ0n) is 34.9. The maximum Gasteiger partial charge on any atom is 2.00 e. The number of carbonyl (C=O) groups is 2. The van der Waals surface area contributed by atoms with Crippen LogP contribution < -0.4 is 15.7 Å². The monoisotopic (exact) mass is 871 g/mol. The predicted octanol–water partition coefficient (Wildman–Crippen LogP) is 6.84. The topological polar surface area (TPSA) is 109 Å². The number of hydrogen-bond acceptors (Lipinski definition) is 7. The van der Waals surface area contributed by atoms with Crippen LogP contribution in [0.25, 0.3) is 27.6 Å². The number of aliphatic imine (C=N–C) groups is 2. The fraction of sp³-hybridized carbons (Fsp3) is 0.170. The molecule has 10 heteroatoms. The Labute approximate surface area is 376 Å². The van der Waals surface area contributed by atoms with E-state index in [1.807, 2.05) is 79.8 Å². The van der Waals surface area contributed by atoms with E-state index >= 15 is 0 Å². The van der Waals surface area contributed by atoms with Gasteiger partial charge in [0.25, 0.3) is 0 Å². The first kappa shape index (κ1) is 41.5. The number of hydrogen-bond donors (Lipinski definition) is 0. The summed E-state index contributed by atoms with van der Waals surface area (Å²) in [6.45, 7) is 0.298. The van der Waals surface area contributed by atoms with Gasteiger partial charge < -0.3 is 19.8 Å². The average Bonchev–Trinajstić information content (AvgIpc) is 4.18. The van der Waals surface area contributed by atoms with Crippen LogP contribution in [0.2, 0.25) is 0 Å². The molecular formula is C53H43N5NiO4. The molecule has 6 heterocycles. The molecule has 0 saturated carbocycles. The quantitative estimate of drug-likeness (QED) is 0.131. The Morgan fingerprint density at radius 1 is 0.651 bits per heavy atom. The number of aromatic nitrogens is 1. The summed E-state index contributed by atoms with van der Waals surface area (Å²) in [4.78, 5) is 45.8. The molecule has 1 saturated heterocycles. The van der Waals surface area contributed by atoms with E-state index in [-0.39, 0.29) is 16.5 Å². The first-order valence-electron chi connectivity index (χ1n) is 20.8. The van der Waals surface area contributed by atoms with Gasteiger partial charge in [0, 0.05) is 12.6 Å². The minimum absolute atomic E-state index is 0. The van der Waals surface area contributed by atoms with Crippen molar-refractivity contribution in [1.82, 2.24) is 9.88 Å². The Balaban J connectivity index is 0.00000504. The molecule has 8 bridgehead atoms. The second-order valence-corrected chi connectivity index (χ2v) is 15.9. The number of allylic oxidation sites excluding steroid dienone is 4. The smallest absolute Gasteiger partial charge is 0.674 e. The van der Waals surface area contributed by atoms with Gasteiger partial charge in [0.15, 0.2) is 0 Å². The second-order valence-electron chi connectivity index (χ2n) is 15.9. The molecule has 5 aromatic rings. The molecule has 0 amide bonds. The molecular weight excluding hydrogens is 829 g/mol. The molecule has 1 aromatic heterocycles. The molecule has 314 valence electrons. The van der Waals surface area contributed by atoms with E-state index in [2.05, 4.69) is 95.9 Å². The van der Waals surface area contributed by atoms with Gasteiger partial charge in [0.2, 0.25) is 0 Å². The van der Waals surface area contributed by atoms with Gasteiger partial charge in [0.1, 0.15) is 0 Å². The Morgan fingerprint density at radius 2 is 1.19 bits per heavy atom. The number of ether oxygens (including phenoxy) is 2. The van der Waals surface area contributed by atoms with Gasteiger partial charge >= 0.3 is 28.4 Å². The zero-order valence-corrected chi connectivity index (χ0v) is 35.9. The largest absolute Gasteiger partial charge is 2.00 e. The first-order chi connectivity index (χ1) is 30.4. The summed E-state index contributed by atoms with van der Waals surface area (Å²) in [6, 6.07) is 43.4. The van der Waals surface area contributed by atoms with E-state index in [1.165, 1.54) is 14.2 Å². The van der Waals surface area contributed by atoms with E-state index in [9.17, 15) is 9.59 Å². The molecule has 0 aliphatic carbocycles. The van der Waals surface area contributed by atoms with Crippen LogP contribution in [0.1, 0.15) is 22.3 Å². The molecule has 4 aromatic carbocycles. The van der Waals surface area contributed by atoms with Crippen LogP contribution in [0.3, 0.4) is 0 Å². The van der Waals surface area contributed by atoms with Crippen LogP contribution >= 0.6 is 0 Å². The van der Waals surface area contributed by atoms with Gasteiger partial charge in [-0.05, 0) is 69.8 Å². The van der Waals surface area contributed by atoms with Gasteiger partial charge in [-0.3, -0.25) is 19.5 Å². The summed E-state index contributed by atoms with van der Waals surface area (Å²) in [5.41, 5.74) is 11.3. The van der Waals surface area contributed by atoms with E-state index in [0.29, 0.717) is 6.54 Å². The van der Waals surface area contributed by atoms with Gasteiger partial charge in [-0.15, -0.1) is 16.4 Å². The van der Waals surface area contributed by atoms with Crippen molar-refractivity contribution in [2.24, 2.45) is 21.8 Å². The van der Waals surface area contributed by atoms with Crippen LogP contribution in [-0.2, 0) is 35.6 Å². The van der Waals surface area contributed by atoms with Crippen LogP contribution in [0.15, 0.2) is 191 Å². The number of likely N-dealkylation sites (tertiary alicyclic amines) is 1. The predicted molar refractivity (Wildman–Crippen MR) is 243 cm³/mol. The van der Waals surface area contributed by atoms with E-state index in [4.69, 9.17) is 29.8 Å². The summed E-state index contributed by atoms with van der Waals surface area (Å²) in [7, 11) is 4.67. The number of fused-ring (bicyclic) bond motifs is 6. The van der Waals surface area contributed by atoms with Crippen LogP contribution in [0.5, 0.6) is 0 Å². The van der Waals surface area contributed by atoms with Crippen molar-refractivity contribution in [3.05, 3.63) is 219 Å². The second kappa shape index (κ2) is 17.5. The average molecular weight is 873 g/mol. The summed E-state index contributed by atoms with van der Waals surface area (Å²) < 4.78 is 10.8. The first-order valence-corrected chi connectivity index (χ1v) is 20.8. The molecule has 5 aliphatic heterocycles. The van der Waals surface area contributed by atoms with Gasteiger partial charge in [-0.25, -0.2) is 4.99 Å². The normalized spacial score (nSPS) is 26.7. The standard InChI is InChI=1S/C53H43N5O4.Ni/c1-58-31-37(52(59)61-2)49(53(60)62-3)51(58)36-30-44-47(34-20-12-6-13-21-34)42-27-26-40(55-42)45(32-16-8-4-9-17-32)38-24-25-39(54-38)46(33-18-10-5-11-19-33)41-28-29-43(56-41)48(50(36)57-44)35-22-14-7-15-23-35;/h4-30,37,42,49-51H,31H2,1-3H3;/q-2;+2/b47-44-,48-43-;/t37-,42?,49+,50?,51+;/m0./s1. The number of carbonyl (C=O) groups excluding carboxylic acids is 2. The number of nitrogens with zero attached hydrogens (tertiary/aromatic N) is 5. The molecule has 2 unspecified atom stereocenters. The molecule has 1 fully saturated rings. The Kier molecular flexibility index (Phi) is 11.5. The maximum absolute atomic E-state index is 14.0. The van der Waals surface area contributed by atoms with Gasteiger partial charge in [0.05, 0.1) is 49.2 Å². The minimum Gasteiger partial charge on any atom is -0.674 e. The summed E-state index contributed by atoms with van der Waals surface area (Å²) in [5.74, 6) is -2.55. The fourth-order valence-corrected chi connectivity index (χ4v) is 9.64. The van der Waals surface area contributed by atoms with Crippen molar-refractivity contribution >= 4 is 45.7 Å². The Morgan fingerprint density at radius 3 is 1.76 bits per heavy atom. The van der Waals surface area contributed by atoms with Crippen LogP contribution in [-0.4, -0.2) is 74.2 Å². The Bertz CT molecular complexity index is 2950. The third-order valence-electron chi connectivity index (χ3n) is 12.4. The molecule has 63 heavy (non-hydrogen) atoms. The SMILES string of the molecule is COC(=O)[C@@H]1[C@@H](C(=O)OC)CN(C)[C@@H]1C1=C/C2=C(\c3ccccc3)C3C=CC(=N3)/C(c3ccccc3)=c3/cc/c([n-]3)=C(\c3ccccc3)C3=N/C(=C(/c4ccccc4)C1[N-]2)C=C3.[Ni+2]. The van der Waals surface area contributed by atoms with Gasteiger partial charge in [-0.1, -0.05) is 157 Å². The van der Waals surface area contributed by atoms with Crippen molar-refractivity contribution < 1.29 is 35.6 Å². The number of methoxy groups -OCH3 is 2. The molecule has 9 nitrogen and oxygen atoms in total. The molecule has 0 N–H and O–H groups in total. The van der Waals surface area contributed by atoms with Crippen LogP contribution in [0.4, 0.5) is 0 Å². The molecule has 0 radical (unpaired) electrons. The van der Waals surface area contributed by atoms with Crippen molar-refractivity contribution in [3.63, 3.8) is 0 Å². The summed E-state index contributed by atoms with van der Waals surface area (Å²) >= 11 is 0. The van der Waals surface area contributed by atoms with Crippen molar-refractivity contribution in [2.45, 2.75) is 18.1 Å². The molecule has 0 spiro atoms. The third kappa shape index (κ3) is 7.49. The number of likely N-dealkylation sites (N-methyl/N-ethyl adjacent to an activating group) is 1. The minimum atomic E-state index is -0.857. The molecule has 10 rings (SSSR count). The van der Waals surface area contributed by atoms with Crippen molar-refractivity contribution in [1.29, 1.82) is 0 Å². The summed E-state index contributed by atoms with van der Waals surface area (Å²) in [5, 5.41) is 7.30. The van der Waals surface area contributed by atoms with Gasteiger partial charge in [-0.2, -0.15) is 0 Å². The van der Waals surface area contributed by atoms with Crippen molar-refractivity contribution in [3.8, 4) is 0 Å². The molecule has 5 aliphatic rings. The van der Waals surface area contributed by atoms with E-state index in [1.54, 1.807) is 0 Å². The number of benzene rings is 4. The van der Waals surface area contributed by atoms with E-state index in [0.717, 1.165) is 83.6 Å². The maximum atomic E-state index is 14.0. The number of rotatable bonds is 7. The third-order valence-corrected chi connectivity index (χ3v) is 12.4. The van der Waals surface area contributed by atoms with Crippen LogP contribution in [0, 0.1) is 11.8 Å². The molecule has 5 atom stereocenters. The Hall–Kier alpha value is -6.87. The van der Waals surface area contributed by atoms with Crippen molar-refractivity contribution in [2.75, 3.05) is 27.8 Å². The van der Waals surface area contributed by atoms with E-state index < -0.39 is 41.9 Å². The zero-order chi connectivity index (χ0) is 42.3.